The Bertz CT molecular complexity index is 1210. The summed E-state index contributed by atoms with van der Waals surface area (Å²) in [5.74, 6) is -0.0843. The molecule has 2 atom stereocenters. The van der Waals surface area contributed by atoms with Gasteiger partial charge in [-0.2, -0.15) is 0 Å². The summed E-state index contributed by atoms with van der Waals surface area (Å²) >= 11 is 0. The van der Waals surface area contributed by atoms with Gasteiger partial charge < -0.3 is 20.3 Å². The molecule has 0 aliphatic heterocycles. The van der Waals surface area contributed by atoms with Gasteiger partial charge in [0.1, 0.15) is 0 Å². The number of aliphatic hydroxyl groups excluding tert-OH is 2. The van der Waals surface area contributed by atoms with Crippen molar-refractivity contribution in [1.82, 2.24) is 5.32 Å². The van der Waals surface area contributed by atoms with Crippen molar-refractivity contribution in [3.8, 4) is 0 Å². The number of aliphatic hydroxyl groups is 2. The Kier molecular flexibility index (Phi) is 63.0. The van der Waals surface area contributed by atoms with Crippen molar-refractivity contribution in [3.63, 3.8) is 0 Å². The summed E-state index contributed by atoms with van der Waals surface area (Å²) < 4.78 is 5.48. The van der Waals surface area contributed by atoms with E-state index >= 15 is 0 Å². The van der Waals surface area contributed by atoms with Crippen LogP contribution in [0.1, 0.15) is 367 Å². The summed E-state index contributed by atoms with van der Waals surface area (Å²) in [6.45, 7) is 4.91. The zero-order chi connectivity index (χ0) is 54.3. The third kappa shape index (κ3) is 61.2. The van der Waals surface area contributed by atoms with Crippen molar-refractivity contribution < 1.29 is 24.5 Å². The number of unbranched alkanes of at least 4 members (excludes halogenated alkanes) is 48. The first-order chi connectivity index (χ1) is 37.0. The van der Waals surface area contributed by atoms with Gasteiger partial charge in [0.05, 0.1) is 25.4 Å². The highest BCUT2D eigenvalue weighted by atomic mass is 16.5. The monoisotopic (exact) mass is 1050 g/mol. The van der Waals surface area contributed by atoms with E-state index in [1.54, 1.807) is 6.08 Å². The molecular weight excluding hydrogens is 923 g/mol. The zero-order valence-electron chi connectivity index (χ0n) is 50.5. The molecule has 75 heavy (non-hydrogen) atoms. The summed E-state index contributed by atoms with van der Waals surface area (Å²) in [7, 11) is 0. The standard InChI is InChI=1S/C69H131NO5/c1-3-5-7-9-11-13-15-17-19-20-21-22-23-24-25-26-27-30-34-37-41-45-49-53-57-61-67(72)66(65-71)70-68(73)62-58-54-50-46-42-38-35-31-28-29-32-36-40-44-48-52-56-60-64-75-69(74)63-59-55-51-47-43-39-33-18-16-14-12-10-8-6-4-2/h18,31,33,35,57,61,66-67,71-72H,3-17,19-30,32,34,36-56,58-60,62-65H2,1-2H3,(H,70,73)/b33-18-,35-31-,61-57+. The Hall–Kier alpha value is -1.92. The van der Waals surface area contributed by atoms with E-state index in [4.69, 9.17) is 4.74 Å². The van der Waals surface area contributed by atoms with Crippen LogP contribution < -0.4 is 5.32 Å². The second-order valence-electron chi connectivity index (χ2n) is 23.1. The maximum absolute atomic E-state index is 12.5. The topological polar surface area (TPSA) is 95.9 Å². The van der Waals surface area contributed by atoms with Crippen LogP contribution in [-0.4, -0.2) is 47.4 Å². The summed E-state index contributed by atoms with van der Waals surface area (Å²) in [5.41, 5.74) is 0. The molecule has 0 aliphatic rings. The van der Waals surface area contributed by atoms with E-state index in [1.165, 1.54) is 276 Å². The minimum absolute atomic E-state index is 0.00524. The van der Waals surface area contributed by atoms with Crippen molar-refractivity contribution in [2.24, 2.45) is 0 Å². The van der Waals surface area contributed by atoms with Gasteiger partial charge in [0.2, 0.25) is 5.91 Å². The predicted molar refractivity (Wildman–Crippen MR) is 329 cm³/mol. The molecule has 0 aromatic carbocycles. The van der Waals surface area contributed by atoms with Gasteiger partial charge in [-0.3, -0.25) is 9.59 Å². The third-order valence-electron chi connectivity index (χ3n) is 15.6. The number of esters is 1. The largest absolute Gasteiger partial charge is 0.466 e. The smallest absolute Gasteiger partial charge is 0.305 e. The highest BCUT2D eigenvalue weighted by Crippen LogP contribution is 2.18. The van der Waals surface area contributed by atoms with Gasteiger partial charge in [0.15, 0.2) is 0 Å². The van der Waals surface area contributed by atoms with Gasteiger partial charge in [0, 0.05) is 12.8 Å². The van der Waals surface area contributed by atoms with Crippen molar-refractivity contribution in [1.29, 1.82) is 0 Å². The highest BCUT2D eigenvalue weighted by Gasteiger charge is 2.18. The molecule has 0 saturated heterocycles. The minimum atomic E-state index is -0.855. The van der Waals surface area contributed by atoms with E-state index in [2.05, 4.69) is 43.5 Å². The number of hydrogen-bond acceptors (Lipinski definition) is 5. The lowest BCUT2D eigenvalue weighted by molar-refractivity contribution is -0.143. The first-order valence-corrected chi connectivity index (χ1v) is 33.8. The van der Waals surface area contributed by atoms with Crippen LogP contribution >= 0.6 is 0 Å². The second kappa shape index (κ2) is 64.6. The molecule has 442 valence electrons. The molecule has 0 radical (unpaired) electrons. The lowest BCUT2D eigenvalue weighted by atomic mass is 10.0. The number of carbonyl (C=O) groups is 2. The SMILES string of the molecule is CCCCCCCC/C=C\CCCCCCCC(=O)OCCCCCCCCCCC/C=C\CCCCCCCC(=O)NC(CO)C(O)/C=C/CCCCCCCCCCCCCCCCCCCCCCCCC. The molecule has 0 heterocycles. The molecule has 0 aromatic heterocycles. The summed E-state index contributed by atoms with van der Waals surface area (Å²) in [6, 6.07) is -0.640. The van der Waals surface area contributed by atoms with E-state index in [9.17, 15) is 19.8 Å². The van der Waals surface area contributed by atoms with Crippen LogP contribution in [-0.2, 0) is 14.3 Å². The molecule has 0 spiro atoms. The molecule has 6 heteroatoms. The Morgan fingerprint density at radius 3 is 0.947 bits per heavy atom. The van der Waals surface area contributed by atoms with Crippen LogP contribution in [0.2, 0.25) is 0 Å². The molecule has 3 N–H and O–H groups in total. The molecule has 0 aromatic rings. The second-order valence-corrected chi connectivity index (χ2v) is 23.1. The van der Waals surface area contributed by atoms with Gasteiger partial charge in [-0.15, -0.1) is 0 Å². The van der Waals surface area contributed by atoms with Crippen LogP contribution in [0.25, 0.3) is 0 Å². The van der Waals surface area contributed by atoms with Crippen molar-refractivity contribution >= 4 is 11.9 Å². The van der Waals surface area contributed by atoms with E-state index in [1.807, 2.05) is 6.08 Å². The molecule has 6 nitrogen and oxygen atoms in total. The van der Waals surface area contributed by atoms with Crippen LogP contribution in [0.3, 0.4) is 0 Å². The Balaban J connectivity index is 3.47. The van der Waals surface area contributed by atoms with Gasteiger partial charge in [-0.1, -0.05) is 307 Å². The molecule has 0 fully saturated rings. The number of hydrogen-bond donors (Lipinski definition) is 3. The van der Waals surface area contributed by atoms with E-state index < -0.39 is 12.1 Å². The summed E-state index contributed by atoms with van der Waals surface area (Å²) in [4.78, 5) is 24.6. The van der Waals surface area contributed by atoms with Crippen LogP contribution in [0.15, 0.2) is 36.5 Å². The molecule has 0 rings (SSSR count). The Labute approximate surface area is 468 Å². The summed E-state index contributed by atoms with van der Waals surface area (Å²) in [6.07, 6.45) is 82.0. The van der Waals surface area contributed by atoms with Gasteiger partial charge in [-0.05, 0) is 83.5 Å². The van der Waals surface area contributed by atoms with Gasteiger partial charge >= 0.3 is 5.97 Å². The minimum Gasteiger partial charge on any atom is -0.466 e. The quantitative estimate of drug-likeness (QED) is 0.0320. The maximum atomic E-state index is 12.5. The van der Waals surface area contributed by atoms with Crippen LogP contribution in [0.5, 0.6) is 0 Å². The number of allylic oxidation sites excluding steroid dienone is 5. The van der Waals surface area contributed by atoms with Crippen molar-refractivity contribution in [3.05, 3.63) is 36.5 Å². The fourth-order valence-electron chi connectivity index (χ4n) is 10.4. The van der Waals surface area contributed by atoms with Gasteiger partial charge in [-0.25, -0.2) is 0 Å². The number of carbonyl (C=O) groups excluding carboxylic acids is 2. The predicted octanol–water partition coefficient (Wildman–Crippen LogP) is 21.5. The van der Waals surface area contributed by atoms with E-state index in [0.29, 0.717) is 19.4 Å². The third-order valence-corrected chi connectivity index (χ3v) is 15.6. The molecule has 0 aliphatic carbocycles. The lowest BCUT2D eigenvalue weighted by Crippen LogP contribution is -2.45. The Morgan fingerprint density at radius 2 is 0.627 bits per heavy atom. The Morgan fingerprint density at radius 1 is 0.360 bits per heavy atom. The maximum Gasteiger partial charge on any atom is 0.305 e. The fraction of sp³-hybridized carbons (Fsp3) is 0.884. The molecule has 2 unspecified atom stereocenters. The molecule has 0 bridgehead atoms. The fourth-order valence-corrected chi connectivity index (χ4v) is 10.4. The van der Waals surface area contributed by atoms with Crippen molar-refractivity contribution in [2.45, 2.75) is 379 Å². The van der Waals surface area contributed by atoms with E-state index in [0.717, 1.165) is 64.2 Å². The normalized spacial score (nSPS) is 12.7. The number of amides is 1. The zero-order valence-corrected chi connectivity index (χ0v) is 50.5. The lowest BCUT2D eigenvalue weighted by Gasteiger charge is -2.20. The number of nitrogens with one attached hydrogen (secondary N) is 1. The molecular formula is C69H131NO5. The van der Waals surface area contributed by atoms with Crippen LogP contribution in [0, 0.1) is 0 Å². The van der Waals surface area contributed by atoms with E-state index in [-0.39, 0.29) is 18.5 Å². The van der Waals surface area contributed by atoms with Crippen LogP contribution in [0.4, 0.5) is 0 Å². The average molecular weight is 1050 g/mol. The number of ether oxygens (including phenoxy) is 1. The average Bonchev–Trinajstić information content (AvgIpc) is 3.41. The molecule has 0 saturated carbocycles. The molecule has 1 amide bonds. The number of rotatable bonds is 63. The highest BCUT2D eigenvalue weighted by molar-refractivity contribution is 5.76. The van der Waals surface area contributed by atoms with Gasteiger partial charge in [0.25, 0.3) is 0 Å². The first kappa shape index (κ1) is 73.1. The first-order valence-electron chi connectivity index (χ1n) is 33.8. The summed E-state index contributed by atoms with van der Waals surface area (Å²) in [5, 5.41) is 23.2. The van der Waals surface area contributed by atoms with Crippen molar-refractivity contribution in [2.75, 3.05) is 13.2 Å².